The molecule has 1 N–H and O–H groups in total. The third kappa shape index (κ3) is 8.01. The maximum Gasteiger partial charge on any atom is 0.416 e. The van der Waals surface area contributed by atoms with Gasteiger partial charge in [0.25, 0.3) is 0 Å². The van der Waals surface area contributed by atoms with Crippen molar-refractivity contribution in [2.75, 3.05) is 70.4 Å². The van der Waals surface area contributed by atoms with Gasteiger partial charge in [0.15, 0.2) is 0 Å². The van der Waals surface area contributed by atoms with Crippen molar-refractivity contribution in [3.63, 3.8) is 0 Å². The summed E-state index contributed by atoms with van der Waals surface area (Å²) in [5.74, 6) is 0. The number of thioether (sulfide) groups is 1. The van der Waals surface area contributed by atoms with E-state index in [1.807, 2.05) is 0 Å². The molecular formula is C24H32F3N4O2SY-. The number of piperazine rings is 1. The van der Waals surface area contributed by atoms with E-state index in [-0.39, 0.29) is 39.3 Å². The van der Waals surface area contributed by atoms with E-state index < -0.39 is 11.7 Å². The number of hydrogen-bond acceptors (Lipinski definition) is 6. The molecule has 6 nitrogen and oxygen atoms in total. The number of fused-ring (bicyclic) bond motifs is 2. The minimum Gasteiger partial charge on any atom is -0.659 e. The molecule has 0 saturated carbocycles. The predicted molar refractivity (Wildman–Crippen MR) is 129 cm³/mol. The molecule has 0 amide bonds. The Bertz CT molecular complexity index is 892. The van der Waals surface area contributed by atoms with Crippen LogP contribution in [0.5, 0.6) is 0 Å². The van der Waals surface area contributed by atoms with Crippen LogP contribution in [0.4, 0.5) is 18.9 Å². The van der Waals surface area contributed by atoms with Crippen LogP contribution in [0.25, 0.3) is 5.32 Å². The maximum absolute atomic E-state index is 13.4. The summed E-state index contributed by atoms with van der Waals surface area (Å²) in [6.45, 7) is 7.96. The maximum atomic E-state index is 13.4. The molecule has 0 spiro atoms. The average Bonchev–Trinajstić information content (AvgIpc) is 2.83. The van der Waals surface area contributed by atoms with Gasteiger partial charge in [-0.3, -0.25) is 5.26 Å². The zero-order valence-corrected chi connectivity index (χ0v) is 23.5. The molecule has 0 aromatic heterocycles. The van der Waals surface area contributed by atoms with Gasteiger partial charge in [-0.2, -0.15) is 13.2 Å². The van der Waals surface area contributed by atoms with Crippen LogP contribution < -0.4 is 4.90 Å². The minimum atomic E-state index is -4.35. The SMILES string of the molecule is OOCC[N-]CCN1CCN(CCCN2C3=CCCC=C3Sc3ccc(C(F)(F)F)cc32)CC1.[Y]. The third-order valence-electron chi connectivity index (χ3n) is 6.41. The molecule has 191 valence electrons. The molecule has 35 heavy (non-hydrogen) atoms. The summed E-state index contributed by atoms with van der Waals surface area (Å²) >= 11 is 1.58. The first-order valence-corrected chi connectivity index (χ1v) is 12.7. The van der Waals surface area contributed by atoms with Crippen LogP contribution in [0.15, 0.2) is 45.8 Å². The molecule has 1 aromatic carbocycles. The van der Waals surface area contributed by atoms with E-state index in [1.165, 1.54) is 12.1 Å². The summed E-state index contributed by atoms with van der Waals surface area (Å²) in [5, 5.41) is 12.6. The van der Waals surface area contributed by atoms with Gasteiger partial charge in [0.1, 0.15) is 0 Å². The summed E-state index contributed by atoms with van der Waals surface area (Å²) in [7, 11) is 0. The normalized spacial score (nSPS) is 18.9. The van der Waals surface area contributed by atoms with Gasteiger partial charge in [-0.15, -0.1) is 13.1 Å². The topological polar surface area (TPSA) is 53.3 Å². The Morgan fingerprint density at radius 3 is 2.40 bits per heavy atom. The minimum absolute atomic E-state index is 0. The van der Waals surface area contributed by atoms with Gasteiger partial charge < -0.3 is 20.0 Å². The molecule has 2 heterocycles. The summed E-state index contributed by atoms with van der Waals surface area (Å²) in [6.07, 6.45) is 2.81. The zero-order chi connectivity index (χ0) is 24.0. The van der Waals surface area contributed by atoms with Crippen LogP contribution >= 0.6 is 11.8 Å². The number of alkyl halides is 3. The smallest absolute Gasteiger partial charge is 0.416 e. The van der Waals surface area contributed by atoms with Crippen molar-refractivity contribution in [2.45, 2.75) is 30.3 Å². The van der Waals surface area contributed by atoms with Crippen LogP contribution in [0.3, 0.4) is 0 Å². The average molecular weight is 587 g/mol. The Morgan fingerprint density at radius 2 is 1.69 bits per heavy atom. The van der Waals surface area contributed by atoms with E-state index in [9.17, 15) is 13.2 Å². The second-order valence-corrected chi connectivity index (χ2v) is 9.79. The first kappa shape index (κ1) is 29.1. The summed E-state index contributed by atoms with van der Waals surface area (Å²) in [6, 6.07) is 4.12. The van der Waals surface area contributed by atoms with E-state index >= 15 is 0 Å². The molecule has 1 radical (unpaired) electrons. The summed E-state index contributed by atoms with van der Waals surface area (Å²) in [4.78, 5) is 13.0. The Balaban J connectivity index is 0.00000342. The van der Waals surface area contributed by atoms with Crippen LogP contribution in [0.1, 0.15) is 24.8 Å². The molecule has 0 unspecified atom stereocenters. The molecule has 1 saturated heterocycles. The predicted octanol–water partition coefficient (Wildman–Crippen LogP) is 5.05. The van der Waals surface area contributed by atoms with Crippen molar-refractivity contribution in [3.8, 4) is 0 Å². The van der Waals surface area contributed by atoms with Gasteiger partial charge >= 0.3 is 6.18 Å². The monoisotopic (exact) mass is 586 g/mol. The van der Waals surface area contributed by atoms with Crippen LogP contribution in [-0.4, -0.2) is 80.6 Å². The van der Waals surface area contributed by atoms with Crippen molar-refractivity contribution < 1.29 is 56.0 Å². The van der Waals surface area contributed by atoms with Crippen LogP contribution in [0, 0.1) is 0 Å². The fourth-order valence-corrected chi connectivity index (χ4v) is 5.72. The van der Waals surface area contributed by atoms with Crippen LogP contribution in [0.2, 0.25) is 0 Å². The van der Waals surface area contributed by atoms with E-state index in [0.717, 1.165) is 80.6 Å². The standard InChI is InChI=1S/C24H32F3N4O2S.Y/c25-24(26,27)19-6-7-23-21(18-19)31(20-4-1-2-5-22(20)34-23)11-3-10-29-13-15-30(16-14-29)12-8-28-9-17-33-32;/h4-7,18,32H,1-3,8-17H2;/q-1;. The van der Waals surface area contributed by atoms with Crippen LogP contribution in [-0.2, 0) is 43.8 Å². The van der Waals surface area contributed by atoms with Crippen molar-refractivity contribution in [1.29, 1.82) is 0 Å². The Kier molecular flexibility index (Phi) is 11.6. The fourth-order valence-electron chi connectivity index (χ4n) is 4.58. The van der Waals surface area contributed by atoms with Crippen molar-refractivity contribution in [1.82, 2.24) is 9.80 Å². The molecule has 1 fully saturated rings. The van der Waals surface area contributed by atoms with Crippen molar-refractivity contribution in [3.05, 3.63) is 51.8 Å². The number of halogens is 3. The fraction of sp³-hybridized carbons (Fsp3) is 0.583. The van der Waals surface area contributed by atoms with E-state index in [2.05, 4.69) is 37.1 Å². The van der Waals surface area contributed by atoms with E-state index in [1.54, 1.807) is 17.8 Å². The van der Waals surface area contributed by atoms with Gasteiger partial charge in [0.2, 0.25) is 0 Å². The summed E-state index contributed by atoms with van der Waals surface area (Å²) in [5.41, 5.74) is 1.14. The number of benzene rings is 1. The number of anilines is 1. The molecule has 3 aliphatic rings. The molecule has 2 aliphatic heterocycles. The van der Waals surface area contributed by atoms with Gasteiger partial charge in [-0.1, -0.05) is 23.9 Å². The van der Waals surface area contributed by atoms with Gasteiger partial charge in [0.05, 0.1) is 23.6 Å². The van der Waals surface area contributed by atoms with Gasteiger partial charge in [-0.25, -0.2) is 4.89 Å². The Labute approximate surface area is 234 Å². The van der Waals surface area contributed by atoms with Gasteiger partial charge in [0, 0.05) is 75.2 Å². The first-order valence-electron chi connectivity index (χ1n) is 11.9. The quantitative estimate of drug-likeness (QED) is 0.236. The Hall–Kier alpha value is -0.456. The number of hydrogen-bond donors (Lipinski definition) is 1. The number of allylic oxidation sites excluding steroid dienone is 2. The van der Waals surface area contributed by atoms with Gasteiger partial charge in [-0.05, 0) is 50.6 Å². The third-order valence-corrected chi connectivity index (χ3v) is 7.57. The second-order valence-electron chi connectivity index (χ2n) is 8.71. The largest absolute Gasteiger partial charge is 0.659 e. The number of nitrogens with zero attached hydrogens (tertiary/aromatic N) is 4. The molecule has 0 bridgehead atoms. The molecule has 1 aliphatic carbocycles. The molecule has 0 atom stereocenters. The summed E-state index contributed by atoms with van der Waals surface area (Å²) < 4.78 is 40.2. The zero-order valence-electron chi connectivity index (χ0n) is 19.8. The Morgan fingerprint density at radius 1 is 0.971 bits per heavy atom. The van der Waals surface area contributed by atoms with Crippen molar-refractivity contribution >= 4 is 17.4 Å². The molecule has 11 heteroatoms. The van der Waals surface area contributed by atoms with Crippen molar-refractivity contribution in [2.24, 2.45) is 0 Å². The molecule has 4 rings (SSSR count). The first-order chi connectivity index (χ1) is 16.5. The van der Waals surface area contributed by atoms with E-state index in [4.69, 9.17) is 5.26 Å². The number of rotatable bonds is 10. The van der Waals surface area contributed by atoms with E-state index in [0.29, 0.717) is 18.8 Å². The second kappa shape index (κ2) is 13.9. The molecule has 1 aromatic rings. The molecular weight excluding hydrogens is 554 g/mol.